The smallest absolute Gasteiger partial charge is 0.457 e. The van der Waals surface area contributed by atoms with Gasteiger partial charge in [0, 0.05) is 11.6 Å². The molecule has 1 fully saturated rings. The van der Waals surface area contributed by atoms with Crippen molar-refractivity contribution in [2.75, 3.05) is 4.90 Å². The van der Waals surface area contributed by atoms with Crippen LogP contribution in [0.1, 0.15) is 5.76 Å². The normalized spacial score (nSPS) is 15.7. The number of rotatable bonds is 4. The van der Waals surface area contributed by atoms with Crippen molar-refractivity contribution in [1.82, 2.24) is 0 Å². The Morgan fingerprint density at radius 3 is 2.32 bits per heavy atom. The zero-order valence-corrected chi connectivity index (χ0v) is 17.0. The van der Waals surface area contributed by atoms with Crippen LogP contribution >= 0.6 is 24.0 Å². The Bertz CT molecular complexity index is 1170. The summed E-state index contributed by atoms with van der Waals surface area (Å²) in [6, 6.07) is 13.9. The minimum atomic E-state index is -4.76. The third-order valence-corrected chi connectivity index (χ3v) is 5.45. The summed E-state index contributed by atoms with van der Waals surface area (Å²) in [6.07, 6.45) is -3.24. The number of furan rings is 1. The summed E-state index contributed by atoms with van der Waals surface area (Å²) in [5.74, 6) is -0.365. The monoisotopic (exact) mass is 465 g/mol. The van der Waals surface area contributed by atoms with Gasteiger partial charge in [0.05, 0.1) is 10.6 Å². The number of thiocarbonyl (C=S) groups is 1. The Morgan fingerprint density at radius 1 is 1.00 bits per heavy atom. The van der Waals surface area contributed by atoms with Gasteiger partial charge < -0.3 is 9.15 Å². The fourth-order valence-corrected chi connectivity index (χ4v) is 4.10. The lowest BCUT2D eigenvalue weighted by Gasteiger charge is -2.14. The molecule has 2 aromatic carbocycles. The molecule has 1 amide bonds. The molecular formula is C21H11F4NO3S2. The number of carbonyl (C=O) groups is 1. The summed E-state index contributed by atoms with van der Waals surface area (Å²) in [7, 11) is 0. The van der Waals surface area contributed by atoms with Crippen molar-refractivity contribution in [2.24, 2.45) is 0 Å². The lowest BCUT2D eigenvalue weighted by atomic mass is 10.2. The molecule has 0 N–H and O–H groups in total. The van der Waals surface area contributed by atoms with Crippen LogP contribution in [0.15, 0.2) is 70.0 Å². The Hall–Kier alpha value is -3.11. The molecule has 4 nitrogen and oxygen atoms in total. The van der Waals surface area contributed by atoms with E-state index in [1.807, 2.05) is 0 Å². The standard InChI is InChI=1S/C21H11F4NO3S2/c22-13-3-5-14(6-4-13)26-19(27)18(31-20(26)30)11-16-9-10-17(28-16)12-1-7-15(8-2-12)29-21(23,24)25/h1-11H. The van der Waals surface area contributed by atoms with Gasteiger partial charge in [-0.2, -0.15) is 0 Å². The number of halogens is 4. The highest BCUT2D eigenvalue weighted by Crippen LogP contribution is 2.37. The summed E-state index contributed by atoms with van der Waals surface area (Å²) in [4.78, 5) is 14.4. The number of hydrogen-bond acceptors (Lipinski definition) is 5. The van der Waals surface area contributed by atoms with E-state index in [-0.39, 0.29) is 11.7 Å². The average molecular weight is 465 g/mol. The number of carbonyl (C=O) groups excluding carboxylic acids is 1. The van der Waals surface area contributed by atoms with E-state index >= 15 is 0 Å². The largest absolute Gasteiger partial charge is 0.573 e. The maximum atomic E-state index is 13.1. The predicted octanol–water partition coefficient (Wildman–Crippen LogP) is 6.39. The number of ether oxygens (including phenoxy) is 1. The first-order valence-corrected chi connectivity index (χ1v) is 9.92. The molecule has 0 bridgehead atoms. The second-order valence-corrected chi connectivity index (χ2v) is 7.94. The lowest BCUT2D eigenvalue weighted by Crippen LogP contribution is -2.27. The number of thioether (sulfide) groups is 1. The zero-order chi connectivity index (χ0) is 22.2. The molecule has 0 aliphatic carbocycles. The summed E-state index contributed by atoms with van der Waals surface area (Å²) in [5, 5.41) is 0. The summed E-state index contributed by atoms with van der Waals surface area (Å²) >= 11 is 6.35. The average Bonchev–Trinajstić information content (AvgIpc) is 3.27. The van der Waals surface area contributed by atoms with Gasteiger partial charge >= 0.3 is 6.36 Å². The molecule has 0 radical (unpaired) electrons. The van der Waals surface area contributed by atoms with Crippen molar-refractivity contribution in [1.29, 1.82) is 0 Å². The quantitative estimate of drug-likeness (QED) is 0.254. The molecule has 1 aliphatic heterocycles. The van der Waals surface area contributed by atoms with Crippen LogP contribution in [0.5, 0.6) is 5.75 Å². The maximum Gasteiger partial charge on any atom is 0.573 e. The van der Waals surface area contributed by atoms with Crippen molar-refractivity contribution in [3.8, 4) is 17.1 Å². The van der Waals surface area contributed by atoms with Crippen LogP contribution in [-0.2, 0) is 4.79 Å². The Kier molecular flexibility index (Phi) is 5.59. The van der Waals surface area contributed by atoms with Gasteiger partial charge in [-0.05, 0) is 60.7 Å². The number of anilines is 1. The molecule has 0 saturated carbocycles. The Balaban J connectivity index is 1.52. The molecule has 1 aromatic heterocycles. The van der Waals surface area contributed by atoms with E-state index in [1.165, 1.54) is 59.5 Å². The molecule has 2 heterocycles. The SMILES string of the molecule is O=C1C(=Cc2ccc(-c3ccc(OC(F)(F)F)cc3)o2)SC(=S)N1c1ccc(F)cc1. The van der Waals surface area contributed by atoms with Crippen LogP contribution in [0.2, 0.25) is 0 Å². The molecule has 10 heteroatoms. The third-order valence-electron chi connectivity index (χ3n) is 4.15. The van der Waals surface area contributed by atoms with E-state index in [0.29, 0.717) is 32.0 Å². The van der Waals surface area contributed by atoms with Crippen LogP contribution in [0.25, 0.3) is 17.4 Å². The van der Waals surface area contributed by atoms with Crippen LogP contribution < -0.4 is 9.64 Å². The minimum Gasteiger partial charge on any atom is -0.457 e. The van der Waals surface area contributed by atoms with Crippen LogP contribution in [0.3, 0.4) is 0 Å². The summed E-state index contributed by atoms with van der Waals surface area (Å²) in [5.41, 5.74) is 0.988. The molecule has 4 rings (SSSR count). The molecular weight excluding hydrogens is 454 g/mol. The van der Waals surface area contributed by atoms with Crippen molar-refractivity contribution < 1.29 is 31.5 Å². The molecule has 1 aliphatic rings. The van der Waals surface area contributed by atoms with Gasteiger partial charge in [-0.3, -0.25) is 9.69 Å². The van der Waals surface area contributed by atoms with E-state index in [0.717, 1.165) is 11.8 Å². The van der Waals surface area contributed by atoms with Crippen LogP contribution in [0.4, 0.5) is 23.2 Å². The van der Waals surface area contributed by atoms with E-state index < -0.39 is 12.2 Å². The first-order chi connectivity index (χ1) is 14.7. The van der Waals surface area contributed by atoms with Gasteiger partial charge in [-0.15, -0.1) is 13.2 Å². The van der Waals surface area contributed by atoms with Crippen LogP contribution in [0, 0.1) is 5.82 Å². The summed E-state index contributed by atoms with van der Waals surface area (Å²) in [6.45, 7) is 0. The first kappa shape index (κ1) is 21.1. The van der Waals surface area contributed by atoms with E-state index in [9.17, 15) is 22.4 Å². The number of benzene rings is 2. The van der Waals surface area contributed by atoms with Gasteiger partial charge in [0.25, 0.3) is 5.91 Å². The third kappa shape index (κ3) is 4.80. The molecule has 158 valence electrons. The van der Waals surface area contributed by atoms with Crippen LogP contribution in [-0.4, -0.2) is 16.6 Å². The highest BCUT2D eigenvalue weighted by Gasteiger charge is 2.33. The second-order valence-electron chi connectivity index (χ2n) is 6.27. The van der Waals surface area contributed by atoms with Gasteiger partial charge in [0.1, 0.15) is 23.1 Å². The van der Waals surface area contributed by atoms with Crippen molar-refractivity contribution >= 4 is 46.0 Å². The van der Waals surface area contributed by atoms with Gasteiger partial charge in [0.2, 0.25) is 0 Å². The molecule has 3 aromatic rings. The van der Waals surface area contributed by atoms with Crippen molar-refractivity contribution in [2.45, 2.75) is 6.36 Å². The topological polar surface area (TPSA) is 42.7 Å². The van der Waals surface area contributed by atoms with Gasteiger partial charge in [-0.1, -0.05) is 24.0 Å². The number of nitrogens with zero attached hydrogens (tertiary/aromatic N) is 1. The maximum absolute atomic E-state index is 13.1. The molecule has 0 unspecified atom stereocenters. The highest BCUT2D eigenvalue weighted by atomic mass is 32.2. The first-order valence-electron chi connectivity index (χ1n) is 8.69. The number of hydrogen-bond donors (Lipinski definition) is 0. The van der Waals surface area contributed by atoms with Gasteiger partial charge in [0.15, 0.2) is 4.32 Å². The van der Waals surface area contributed by atoms with Crippen molar-refractivity contribution in [3.63, 3.8) is 0 Å². The van der Waals surface area contributed by atoms with E-state index in [4.69, 9.17) is 16.6 Å². The number of alkyl halides is 3. The van der Waals surface area contributed by atoms with Gasteiger partial charge in [-0.25, -0.2) is 4.39 Å². The van der Waals surface area contributed by atoms with E-state index in [1.54, 1.807) is 12.1 Å². The Labute approximate surface area is 183 Å². The number of amides is 1. The molecule has 0 spiro atoms. The fraction of sp³-hybridized carbons (Fsp3) is 0.0476. The predicted molar refractivity (Wildman–Crippen MR) is 113 cm³/mol. The highest BCUT2D eigenvalue weighted by molar-refractivity contribution is 8.27. The lowest BCUT2D eigenvalue weighted by molar-refractivity contribution is -0.274. The fourth-order valence-electron chi connectivity index (χ4n) is 2.82. The zero-order valence-electron chi connectivity index (χ0n) is 15.4. The van der Waals surface area contributed by atoms with Crippen molar-refractivity contribution in [3.05, 3.63) is 77.1 Å². The summed E-state index contributed by atoms with van der Waals surface area (Å²) < 4.78 is 59.8. The Morgan fingerprint density at radius 2 is 1.68 bits per heavy atom. The minimum absolute atomic E-state index is 0.301. The molecule has 31 heavy (non-hydrogen) atoms. The second kappa shape index (κ2) is 8.20. The molecule has 0 atom stereocenters. The molecule has 1 saturated heterocycles. The van der Waals surface area contributed by atoms with E-state index in [2.05, 4.69) is 4.74 Å².